The number of hydrogen-bond acceptors (Lipinski definition) is 4. The van der Waals surface area contributed by atoms with Crippen molar-refractivity contribution >= 4 is 12.0 Å². The molecule has 0 spiro atoms. The van der Waals surface area contributed by atoms with E-state index < -0.39 is 24.6 Å². The van der Waals surface area contributed by atoms with Gasteiger partial charge in [0.05, 0.1) is 25.8 Å². The van der Waals surface area contributed by atoms with E-state index in [9.17, 15) is 9.59 Å². The van der Waals surface area contributed by atoms with E-state index in [1.807, 2.05) is 6.07 Å². The predicted molar refractivity (Wildman–Crippen MR) is 60.4 cm³/mol. The molecule has 1 unspecified atom stereocenters. The SMILES string of the molecule is C#CCN(CC(=O)O)C(=O)N1CCOC(C#N)C1. The van der Waals surface area contributed by atoms with Crippen molar-refractivity contribution in [1.82, 2.24) is 9.80 Å². The summed E-state index contributed by atoms with van der Waals surface area (Å²) in [5.41, 5.74) is 0. The first kappa shape index (κ1) is 13.8. The summed E-state index contributed by atoms with van der Waals surface area (Å²) < 4.78 is 5.10. The maximum Gasteiger partial charge on any atom is 0.323 e. The van der Waals surface area contributed by atoms with Crippen LogP contribution < -0.4 is 0 Å². The van der Waals surface area contributed by atoms with Crippen molar-refractivity contribution < 1.29 is 19.4 Å². The standard InChI is InChI=1S/C11H13N3O4/c1-2-3-13(8-10(15)16)11(17)14-4-5-18-9(6-12)7-14/h1,9H,3-5,7-8H2,(H,15,16). The average Bonchev–Trinajstić information content (AvgIpc) is 2.37. The Hall–Kier alpha value is -2.25. The van der Waals surface area contributed by atoms with Crippen molar-refractivity contribution in [1.29, 1.82) is 5.26 Å². The lowest BCUT2D eigenvalue weighted by atomic mass is 10.3. The molecular weight excluding hydrogens is 238 g/mol. The largest absolute Gasteiger partial charge is 0.480 e. The minimum absolute atomic E-state index is 0.0836. The predicted octanol–water partition coefficient (Wildman–Crippen LogP) is -0.649. The van der Waals surface area contributed by atoms with Gasteiger partial charge >= 0.3 is 12.0 Å². The molecule has 1 fully saturated rings. The monoisotopic (exact) mass is 251 g/mol. The number of rotatable bonds is 3. The Bertz CT molecular complexity index is 409. The summed E-state index contributed by atoms with van der Waals surface area (Å²) in [6.45, 7) is 0.145. The highest BCUT2D eigenvalue weighted by Gasteiger charge is 2.28. The van der Waals surface area contributed by atoms with Gasteiger partial charge in [0.15, 0.2) is 6.10 Å². The highest BCUT2D eigenvalue weighted by molar-refractivity contribution is 5.80. The van der Waals surface area contributed by atoms with E-state index in [2.05, 4.69) is 5.92 Å². The van der Waals surface area contributed by atoms with E-state index in [1.165, 1.54) is 4.90 Å². The second-order valence-corrected chi connectivity index (χ2v) is 3.67. The van der Waals surface area contributed by atoms with Crippen LogP contribution in [-0.2, 0) is 9.53 Å². The summed E-state index contributed by atoms with van der Waals surface area (Å²) in [7, 11) is 0. The van der Waals surface area contributed by atoms with Crippen LogP contribution in [0.4, 0.5) is 4.79 Å². The van der Waals surface area contributed by atoms with Crippen LogP contribution in [0.3, 0.4) is 0 Å². The molecule has 7 nitrogen and oxygen atoms in total. The fraction of sp³-hybridized carbons (Fsp3) is 0.545. The molecule has 0 bridgehead atoms. The smallest absolute Gasteiger partial charge is 0.323 e. The molecule has 1 saturated heterocycles. The quantitative estimate of drug-likeness (QED) is 0.673. The Kier molecular flexibility index (Phi) is 4.97. The van der Waals surface area contributed by atoms with Crippen LogP contribution in [0.5, 0.6) is 0 Å². The average molecular weight is 251 g/mol. The minimum Gasteiger partial charge on any atom is -0.480 e. The zero-order chi connectivity index (χ0) is 13.5. The lowest BCUT2D eigenvalue weighted by molar-refractivity contribution is -0.137. The molecule has 2 amide bonds. The summed E-state index contributed by atoms with van der Waals surface area (Å²) in [5, 5.41) is 17.4. The fourth-order valence-electron chi connectivity index (χ4n) is 1.57. The van der Waals surface area contributed by atoms with Crippen molar-refractivity contribution in [2.24, 2.45) is 0 Å². The zero-order valence-electron chi connectivity index (χ0n) is 9.70. The number of nitriles is 1. The molecule has 96 valence electrons. The van der Waals surface area contributed by atoms with E-state index in [0.717, 1.165) is 4.90 Å². The molecule has 0 aliphatic carbocycles. The number of hydrogen-bond donors (Lipinski definition) is 1. The topological polar surface area (TPSA) is 93.9 Å². The first-order valence-corrected chi connectivity index (χ1v) is 5.28. The molecule has 1 rings (SSSR count). The third-order valence-corrected chi connectivity index (χ3v) is 2.36. The molecule has 1 atom stereocenters. The Morgan fingerprint density at radius 3 is 2.89 bits per heavy atom. The van der Waals surface area contributed by atoms with Gasteiger partial charge in [-0.3, -0.25) is 4.79 Å². The van der Waals surface area contributed by atoms with Gasteiger partial charge in [0.2, 0.25) is 0 Å². The van der Waals surface area contributed by atoms with Crippen molar-refractivity contribution in [2.75, 3.05) is 32.8 Å². The Morgan fingerprint density at radius 2 is 2.33 bits per heavy atom. The summed E-state index contributed by atoms with van der Waals surface area (Å²) >= 11 is 0. The van der Waals surface area contributed by atoms with Crippen LogP contribution in [0, 0.1) is 23.7 Å². The molecule has 1 aliphatic rings. The van der Waals surface area contributed by atoms with Crippen LogP contribution in [0.25, 0.3) is 0 Å². The van der Waals surface area contributed by atoms with Crippen LogP contribution in [0.15, 0.2) is 0 Å². The van der Waals surface area contributed by atoms with Crippen LogP contribution >= 0.6 is 0 Å². The highest BCUT2D eigenvalue weighted by Crippen LogP contribution is 2.07. The number of urea groups is 1. The molecule has 0 aromatic rings. The van der Waals surface area contributed by atoms with Crippen molar-refractivity contribution in [3.8, 4) is 18.4 Å². The van der Waals surface area contributed by atoms with Gasteiger partial charge in [0, 0.05) is 6.54 Å². The number of terminal acetylenes is 1. The van der Waals surface area contributed by atoms with Crippen LogP contribution in [-0.4, -0.2) is 65.8 Å². The van der Waals surface area contributed by atoms with Gasteiger partial charge in [-0.05, 0) is 0 Å². The number of carboxylic acids is 1. The van der Waals surface area contributed by atoms with Gasteiger partial charge in [-0.1, -0.05) is 5.92 Å². The number of carbonyl (C=O) groups is 2. The molecule has 1 N–H and O–H groups in total. The van der Waals surface area contributed by atoms with Gasteiger partial charge in [-0.2, -0.15) is 5.26 Å². The maximum absolute atomic E-state index is 12.0. The van der Waals surface area contributed by atoms with Crippen LogP contribution in [0.1, 0.15) is 0 Å². The summed E-state index contributed by atoms with van der Waals surface area (Å²) in [6.07, 6.45) is 4.41. The molecule has 0 radical (unpaired) electrons. The minimum atomic E-state index is -1.14. The fourth-order valence-corrected chi connectivity index (χ4v) is 1.57. The van der Waals surface area contributed by atoms with Crippen molar-refractivity contribution in [2.45, 2.75) is 6.10 Å². The lowest BCUT2D eigenvalue weighted by Gasteiger charge is -2.33. The molecule has 0 aromatic carbocycles. The zero-order valence-corrected chi connectivity index (χ0v) is 9.70. The molecular formula is C11H13N3O4. The number of carbonyl (C=O) groups excluding carboxylic acids is 1. The number of carboxylic acid groups (broad SMARTS) is 1. The van der Waals surface area contributed by atoms with E-state index in [4.69, 9.17) is 21.5 Å². The van der Waals surface area contributed by atoms with Crippen LogP contribution in [0.2, 0.25) is 0 Å². The van der Waals surface area contributed by atoms with E-state index in [-0.39, 0.29) is 19.7 Å². The number of nitrogens with zero attached hydrogens (tertiary/aromatic N) is 3. The van der Waals surface area contributed by atoms with Gasteiger partial charge in [-0.25, -0.2) is 4.79 Å². The van der Waals surface area contributed by atoms with Crippen molar-refractivity contribution in [3.63, 3.8) is 0 Å². The van der Waals surface area contributed by atoms with Gasteiger partial charge in [-0.15, -0.1) is 6.42 Å². The normalized spacial score (nSPS) is 18.6. The maximum atomic E-state index is 12.0. The molecule has 1 aliphatic heterocycles. The van der Waals surface area contributed by atoms with Crippen molar-refractivity contribution in [3.05, 3.63) is 0 Å². The second-order valence-electron chi connectivity index (χ2n) is 3.67. The molecule has 18 heavy (non-hydrogen) atoms. The number of ether oxygens (including phenoxy) is 1. The third-order valence-electron chi connectivity index (χ3n) is 2.36. The number of aliphatic carboxylic acids is 1. The molecule has 1 heterocycles. The first-order chi connectivity index (χ1) is 8.58. The Labute approximate surface area is 105 Å². The molecule has 0 aromatic heterocycles. The summed E-state index contributed by atoms with van der Waals surface area (Å²) in [5.74, 6) is 1.10. The van der Waals surface area contributed by atoms with Gasteiger partial charge in [0.1, 0.15) is 6.54 Å². The van der Waals surface area contributed by atoms with E-state index in [0.29, 0.717) is 6.54 Å². The van der Waals surface area contributed by atoms with E-state index >= 15 is 0 Å². The number of amides is 2. The summed E-state index contributed by atoms with van der Waals surface area (Å²) in [4.78, 5) is 25.1. The molecule has 7 heteroatoms. The first-order valence-electron chi connectivity index (χ1n) is 5.28. The molecule has 0 saturated carbocycles. The Morgan fingerprint density at radius 1 is 1.61 bits per heavy atom. The summed E-state index contributed by atoms with van der Waals surface area (Å²) in [6, 6.07) is 1.42. The Balaban J connectivity index is 2.67. The van der Waals surface area contributed by atoms with E-state index in [1.54, 1.807) is 0 Å². The lowest BCUT2D eigenvalue weighted by Crippen LogP contribution is -2.51. The van der Waals surface area contributed by atoms with Gasteiger partial charge < -0.3 is 19.6 Å². The number of morpholine rings is 1. The second kappa shape index (κ2) is 6.48. The highest BCUT2D eigenvalue weighted by atomic mass is 16.5. The third kappa shape index (κ3) is 3.65. The van der Waals surface area contributed by atoms with Gasteiger partial charge in [0.25, 0.3) is 0 Å².